The number of benzene rings is 1. The zero-order valence-corrected chi connectivity index (χ0v) is 12.7. The number of rotatable bonds is 4. The van der Waals surface area contributed by atoms with Crippen LogP contribution in [0.15, 0.2) is 29.8 Å². The largest absolute Gasteiger partial charge is 0.454 e. The summed E-state index contributed by atoms with van der Waals surface area (Å²) >= 11 is 1.67. The predicted octanol–water partition coefficient (Wildman–Crippen LogP) is 3.46. The van der Waals surface area contributed by atoms with Gasteiger partial charge >= 0.3 is 0 Å². The number of ether oxygens (including phenoxy) is 2. The van der Waals surface area contributed by atoms with E-state index in [9.17, 15) is 0 Å². The maximum atomic E-state index is 5.45. The van der Waals surface area contributed by atoms with Gasteiger partial charge in [-0.1, -0.05) is 6.07 Å². The Morgan fingerprint density at radius 3 is 2.85 bits per heavy atom. The molecule has 0 saturated carbocycles. The summed E-state index contributed by atoms with van der Waals surface area (Å²) in [7, 11) is 0. The molecule has 0 spiro atoms. The van der Waals surface area contributed by atoms with Crippen molar-refractivity contribution < 1.29 is 9.47 Å². The molecule has 0 bridgehead atoms. The Morgan fingerprint density at radius 2 is 2.10 bits per heavy atom. The van der Waals surface area contributed by atoms with E-state index in [0.717, 1.165) is 16.5 Å². The first-order chi connectivity index (χ1) is 9.56. The van der Waals surface area contributed by atoms with Crippen molar-refractivity contribution in [2.45, 2.75) is 32.4 Å². The fraction of sp³-hybridized carbons (Fsp3) is 0.400. The summed E-state index contributed by atoms with van der Waals surface area (Å²) in [4.78, 5) is 4.36. The fourth-order valence-corrected chi connectivity index (χ4v) is 3.07. The van der Waals surface area contributed by atoms with Crippen LogP contribution in [0.3, 0.4) is 0 Å². The molecule has 2 aromatic rings. The second-order valence-corrected chi connectivity index (χ2v) is 6.36. The number of nitrogens with one attached hydrogen (secondary N) is 1. The minimum Gasteiger partial charge on any atom is -0.454 e. The molecule has 2 heterocycles. The van der Waals surface area contributed by atoms with Gasteiger partial charge in [-0.25, -0.2) is 4.98 Å². The molecule has 0 saturated heterocycles. The van der Waals surface area contributed by atoms with Crippen LogP contribution in [-0.2, 0) is 5.54 Å². The van der Waals surface area contributed by atoms with Crippen molar-refractivity contribution in [1.82, 2.24) is 10.3 Å². The molecule has 0 radical (unpaired) electrons. The van der Waals surface area contributed by atoms with Crippen molar-refractivity contribution in [1.29, 1.82) is 0 Å². The average molecular weight is 290 g/mol. The molecule has 1 N–H and O–H groups in total. The summed E-state index contributed by atoms with van der Waals surface area (Å²) in [6, 6.07) is 6.30. The minimum atomic E-state index is -0.175. The monoisotopic (exact) mass is 290 g/mol. The molecule has 1 aromatic carbocycles. The number of aromatic nitrogens is 1. The molecule has 3 rings (SSSR count). The van der Waals surface area contributed by atoms with E-state index in [2.05, 4.69) is 37.1 Å². The molecule has 1 aromatic heterocycles. The van der Waals surface area contributed by atoms with Gasteiger partial charge in [-0.3, -0.25) is 5.32 Å². The number of nitrogens with zero attached hydrogens (tertiary/aromatic N) is 1. The second-order valence-electron chi connectivity index (χ2n) is 5.43. The summed E-state index contributed by atoms with van der Waals surface area (Å²) in [6.45, 7) is 6.76. The summed E-state index contributed by atoms with van der Waals surface area (Å²) < 4.78 is 10.8. The van der Waals surface area contributed by atoms with Crippen molar-refractivity contribution >= 4 is 11.3 Å². The van der Waals surface area contributed by atoms with Crippen molar-refractivity contribution in [3.8, 4) is 11.5 Å². The Hall–Kier alpha value is -1.59. The number of fused-ring (bicyclic) bond motifs is 1. The van der Waals surface area contributed by atoms with E-state index in [-0.39, 0.29) is 11.6 Å². The predicted molar refractivity (Wildman–Crippen MR) is 79.3 cm³/mol. The molecule has 0 amide bonds. The summed E-state index contributed by atoms with van der Waals surface area (Å²) in [6.07, 6.45) is 1.84. The van der Waals surface area contributed by atoms with Crippen LogP contribution >= 0.6 is 11.3 Å². The van der Waals surface area contributed by atoms with Crippen LogP contribution in [0.5, 0.6) is 11.5 Å². The lowest BCUT2D eigenvalue weighted by Crippen LogP contribution is -2.38. The lowest BCUT2D eigenvalue weighted by atomic mass is 9.93. The molecule has 0 aliphatic carbocycles. The van der Waals surface area contributed by atoms with E-state index in [4.69, 9.17) is 9.47 Å². The van der Waals surface area contributed by atoms with Crippen molar-refractivity contribution in [3.05, 3.63) is 40.3 Å². The molecule has 1 aliphatic heterocycles. The van der Waals surface area contributed by atoms with Gasteiger partial charge in [0.2, 0.25) is 6.79 Å². The van der Waals surface area contributed by atoms with E-state index in [0.29, 0.717) is 6.79 Å². The molecule has 0 fully saturated rings. The van der Waals surface area contributed by atoms with E-state index in [1.54, 1.807) is 11.3 Å². The van der Waals surface area contributed by atoms with Crippen LogP contribution < -0.4 is 14.8 Å². The highest BCUT2D eigenvalue weighted by Gasteiger charge is 2.26. The Labute approximate surface area is 122 Å². The third-order valence-electron chi connectivity index (χ3n) is 3.49. The molecule has 20 heavy (non-hydrogen) atoms. The van der Waals surface area contributed by atoms with E-state index >= 15 is 0 Å². The molecular weight excluding hydrogens is 272 g/mol. The maximum Gasteiger partial charge on any atom is 0.231 e. The number of hydrogen-bond acceptors (Lipinski definition) is 5. The Bertz CT molecular complexity index is 596. The van der Waals surface area contributed by atoms with Gasteiger partial charge < -0.3 is 9.47 Å². The average Bonchev–Trinajstić information content (AvgIpc) is 3.08. The highest BCUT2D eigenvalue weighted by atomic mass is 32.1. The highest BCUT2D eigenvalue weighted by molar-refractivity contribution is 7.09. The third-order valence-corrected chi connectivity index (χ3v) is 4.45. The SMILES string of the molecule is C[C@@H](NC(C)(C)c1ccc2c(c1)OCO2)c1nccs1. The first-order valence-corrected chi connectivity index (χ1v) is 7.51. The van der Waals surface area contributed by atoms with Crippen LogP contribution in [0.2, 0.25) is 0 Å². The van der Waals surface area contributed by atoms with Crippen molar-refractivity contribution in [2.75, 3.05) is 6.79 Å². The van der Waals surface area contributed by atoms with Gasteiger partial charge in [-0.2, -0.15) is 0 Å². The van der Waals surface area contributed by atoms with Gasteiger partial charge in [-0.05, 0) is 38.5 Å². The minimum absolute atomic E-state index is 0.175. The summed E-state index contributed by atoms with van der Waals surface area (Å²) in [5, 5.41) is 6.71. The highest BCUT2D eigenvalue weighted by Crippen LogP contribution is 2.36. The van der Waals surface area contributed by atoms with Crippen LogP contribution in [0.25, 0.3) is 0 Å². The van der Waals surface area contributed by atoms with Gasteiger partial charge in [0.15, 0.2) is 11.5 Å². The zero-order chi connectivity index (χ0) is 14.2. The number of hydrogen-bond donors (Lipinski definition) is 1. The Kier molecular flexibility index (Phi) is 3.40. The lowest BCUT2D eigenvalue weighted by Gasteiger charge is -2.30. The zero-order valence-electron chi connectivity index (χ0n) is 11.8. The van der Waals surface area contributed by atoms with Gasteiger partial charge in [-0.15, -0.1) is 11.3 Å². The van der Waals surface area contributed by atoms with Gasteiger partial charge in [0.1, 0.15) is 5.01 Å². The molecule has 106 valence electrons. The molecule has 4 nitrogen and oxygen atoms in total. The second kappa shape index (κ2) is 5.07. The van der Waals surface area contributed by atoms with Gasteiger partial charge in [0.25, 0.3) is 0 Å². The Balaban J connectivity index is 1.81. The molecular formula is C15H18N2O2S. The van der Waals surface area contributed by atoms with Crippen molar-refractivity contribution in [3.63, 3.8) is 0 Å². The molecule has 1 aliphatic rings. The molecule has 0 unspecified atom stereocenters. The molecule has 5 heteroatoms. The quantitative estimate of drug-likeness (QED) is 0.936. The normalized spacial score (nSPS) is 15.3. The molecule has 1 atom stereocenters. The van der Waals surface area contributed by atoms with E-state index in [1.165, 1.54) is 5.56 Å². The van der Waals surface area contributed by atoms with Gasteiger partial charge in [0, 0.05) is 17.1 Å². The third kappa shape index (κ3) is 2.51. The summed E-state index contributed by atoms with van der Waals surface area (Å²) in [5.41, 5.74) is 0.997. The number of thiazole rings is 1. The first-order valence-electron chi connectivity index (χ1n) is 6.63. The lowest BCUT2D eigenvalue weighted by molar-refractivity contribution is 0.174. The van der Waals surface area contributed by atoms with E-state index in [1.807, 2.05) is 23.7 Å². The standard InChI is InChI=1S/C15H18N2O2S/c1-10(14-16-6-7-20-14)17-15(2,3)11-4-5-12-13(8-11)19-9-18-12/h4-8,10,17H,9H2,1-3H3/t10-/m1/s1. The van der Waals surface area contributed by atoms with Gasteiger partial charge in [0.05, 0.1) is 6.04 Å². The smallest absolute Gasteiger partial charge is 0.231 e. The maximum absolute atomic E-state index is 5.45. The first kappa shape index (κ1) is 13.4. The van der Waals surface area contributed by atoms with Crippen molar-refractivity contribution in [2.24, 2.45) is 0 Å². The summed E-state index contributed by atoms with van der Waals surface area (Å²) in [5.74, 6) is 1.64. The van der Waals surface area contributed by atoms with Crippen LogP contribution in [0, 0.1) is 0 Å². The topological polar surface area (TPSA) is 43.4 Å². The van der Waals surface area contributed by atoms with Crippen LogP contribution in [0.1, 0.15) is 37.4 Å². The Morgan fingerprint density at radius 1 is 1.30 bits per heavy atom. The van der Waals surface area contributed by atoms with Crippen LogP contribution in [-0.4, -0.2) is 11.8 Å². The van der Waals surface area contributed by atoms with E-state index < -0.39 is 0 Å². The van der Waals surface area contributed by atoms with Crippen LogP contribution in [0.4, 0.5) is 0 Å². The fourth-order valence-electron chi connectivity index (χ4n) is 2.42.